The number of imidazole rings is 1. The number of carbonyl (C=O) groups excluding carboxylic acids is 2. The molecule has 10 heteroatoms. The Hall–Kier alpha value is -4.41. The molecule has 0 aliphatic heterocycles. The van der Waals surface area contributed by atoms with Crippen LogP contribution in [-0.4, -0.2) is 58.0 Å². The van der Waals surface area contributed by atoms with E-state index >= 15 is 0 Å². The highest BCUT2D eigenvalue weighted by Crippen LogP contribution is 2.15. The average molecular weight is 574 g/mol. The van der Waals surface area contributed by atoms with E-state index < -0.39 is 35.8 Å². The molecule has 0 radical (unpaired) electrons. The summed E-state index contributed by atoms with van der Waals surface area (Å²) in [7, 11) is 1.59. The molecule has 0 unspecified atom stereocenters. The number of benzene rings is 3. The summed E-state index contributed by atoms with van der Waals surface area (Å²) in [5.74, 6) is 0.851. The molecule has 0 bridgehead atoms. The van der Waals surface area contributed by atoms with Crippen LogP contribution in [0.4, 0.5) is 4.79 Å². The smallest absolute Gasteiger partial charge is 0.407 e. The summed E-state index contributed by atoms with van der Waals surface area (Å²) in [4.78, 5) is 34.2. The topological polar surface area (TPSA) is 138 Å². The molecule has 3 aromatic carbocycles. The predicted octanol–water partition coefficient (Wildman–Crippen LogP) is 3.84. The Balaban J connectivity index is 1.55. The molecule has 4 rings (SSSR count). The summed E-state index contributed by atoms with van der Waals surface area (Å²) < 4.78 is 10.7. The van der Waals surface area contributed by atoms with Gasteiger partial charge >= 0.3 is 6.09 Å². The number of aromatic nitrogens is 2. The van der Waals surface area contributed by atoms with Crippen LogP contribution in [0.2, 0.25) is 0 Å². The first-order valence-corrected chi connectivity index (χ1v) is 13.9. The number of aliphatic hydroxyl groups excluding tert-OH is 1. The molecule has 0 aliphatic rings. The minimum atomic E-state index is -1.31. The number of nitrogens with one attached hydrogen (secondary N) is 4. The van der Waals surface area contributed by atoms with E-state index in [9.17, 15) is 14.7 Å². The van der Waals surface area contributed by atoms with Crippen LogP contribution in [0.3, 0.4) is 0 Å². The highest BCUT2D eigenvalue weighted by molar-refractivity contribution is 5.83. The number of methoxy groups -OCH3 is 1. The van der Waals surface area contributed by atoms with E-state index in [-0.39, 0.29) is 19.5 Å². The molecule has 5 N–H and O–H groups in total. The normalized spacial score (nSPS) is 13.6. The lowest BCUT2D eigenvalue weighted by molar-refractivity contribution is -0.126. The van der Waals surface area contributed by atoms with Gasteiger partial charge in [0.25, 0.3) is 0 Å². The van der Waals surface area contributed by atoms with E-state index in [2.05, 4.69) is 25.9 Å². The zero-order chi connectivity index (χ0) is 30.1. The van der Waals surface area contributed by atoms with E-state index in [1.807, 2.05) is 78.9 Å². The number of alkyl carbamates (subject to hydrolysis) is 1. The fraction of sp³-hybridized carbons (Fsp3) is 0.344. The summed E-state index contributed by atoms with van der Waals surface area (Å²) in [6.45, 7) is 5.71. The maximum absolute atomic E-state index is 13.6. The summed E-state index contributed by atoms with van der Waals surface area (Å²) in [6, 6.07) is 22.5. The van der Waals surface area contributed by atoms with Crippen molar-refractivity contribution in [2.24, 2.45) is 0 Å². The summed E-state index contributed by atoms with van der Waals surface area (Å²) >= 11 is 0. The molecule has 4 aromatic rings. The number of hydrogen-bond acceptors (Lipinski definition) is 7. The molecule has 0 saturated heterocycles. The van der Waals surface area contributed by atoms with Crippen molar-refractivity contribution in [1.29, 1.82) is 0 Å². The van der Waals surface area contributed by atoms with Crippen molar-refractivity contribution in [3.05, 3.63) is 95.8 Å². The van der Waals surface area contributed by atoms with Crippen molar-refractivity contribution in [2.45, 2.75) is 64.1 Å². The van der Waals surface area contributed by atoms with Gasteiger partial charge < -0.3 is 30.2 Å². The number of para-hydroxylation sites is 2. The molecule has 222 valence electrons. The van der Waals surface area contributed by atoms with Crippen molar-refractivity contribution in [3.63, 3.8) is 0 Å². The van der Waals surface area contributed by atoms with Crippen molar-refractivity contribution in [1.82, 2.24) is 25.9 Å². The van der Waals surface area contributed by atoms with Gasteiger partial charge in [-0.15, -0.1) is 0 Å². The van der Waals surface area contributed by atoms with Gasteiger partial charge in [0, 0.05) is 6.54 Å². The van der Waals surface area contributed by atoms with Gasteiger partial charge in [0.1, 0.15) is 23.2 Å². The number of ether oxygens (including phenoxy) is 2. The third-order valence-corrected chi connectivity index (χ3v) is 6.59. The molecule has 10 nitrogen and oxygen atoms in total. The average Bonchev–Trinajstić information content (AvgIpc) is 3.39. The molecule has 1 heterocycles. The molecule has 3 atom stereocenters. The Morgan fingerprint density at radius 2 is 1.62 bits per heavy atom. The SMILES string of the molecule is COc1ccc(CN[C@@H](C(=O)NCc2nc3ccccc3[nH]2)[C@H](O)[C@H](Cc2ccccc2)NC(=O)OC(C)(C)C)cc1. The molecule has 0 fully saturated rings. The number of rotatable bonds is 12. The number of carbonyl (C=O) groups is 2. The number of fused-ring (bicyclic) bond motifs is 1. The number of nitrogens with zero attached hydrogens (tertiary/aromatic N) is 1. The van der Waals surface area contributed by atoms with E-state index in [0.29, 0.717) is 11.6 Å². The summed E-state index contributed by atoms with van der Waals surface area (Å²) in [5.41, 5.74) is 2.69. The number of H-pyrrole nitrogens is 1. The van der Waals surface area contributed by atoms with Crippen molar-refractivity contribution >= 4 is 23.0 Å². The minimum absolute atomic E-state index is 0.129. The van der Waals surface area contributed by atoms with Crippen LogP contribution in [0.5, 0.6) is 5.75 Å². The standard InChI is InChI=1S/C32H39N5O5/c1-32(2,3)42-31(40)37-26(18-21-10-6-5-7-11-21)29(38)28(33-19-22-14-16-23(41-4)17-15-22)30(39)34-20-27-35-24-12-8-9-13-25(24)36-27/h5-17,26,28-29,33,38H,18-20H2,1-4H3,(H,34,39)(H,35,36)(H,37,40)/t26-,28+,29+/m0/s1. The van der Waals surface area contributed by atoms with Gasteiger partial charge in [-0.2, -0.15) is 0 Å². The number of amides is 2. The van der Waals surface area contributed by atoms with Crippen LogP contribution < -0.4 is 20.7 Å². The second-order valence-corrected chi connectivity index (χ2v) is 11.1. The molecular formula is C32H39N5O5. The van der Waals surface area contributed by atoms with Gasteiger partial charge in [0.2, 0.25) is 5.91 Å². The highest BCUT2D eigenvalue weighted by atomic mass is 16.6. The Morgan fingerprint density at radius 1 is 0.929 bits per heavy atom. The third-order valence-electron chi connectivity index (χ3n) is 6.59. The van der Waals surface area contributed by atoms with Gasteiger partial charge in [-0.1, -0.05) is 54.6 Å². The molecule has 0 aliphatic carbocycles. The van der Waals surface area contributed by atoms with Gasteiger partial charge in [-0.25, -0.2) is 9.78 Å². The first kappa shape index (κ1) is 30.5. The van der Waals surface area contributed by atoms with Gasteiger partial charge in [0.05, 0.1) is 36.8 Å². The highest BCUT2D eigenvalue weighted by Gasteiger charge is 2.35. The number of hydrogen-bond donors (Lipinski definition) is 5. The van der Waals surface area contributed by atoms with Gasteiger partial charge in [-0.3, -0.25) is 10.1 Å². The van der Waals surface area contributed by atoms with Crippen LogP contribution in [0.1, 0.15) is 37.7 Å². The lowest BCUT2D eigenvalue weighted by atomic mass is 9.95. The third kappa shape index (κ3) is 8.79. The van der Waals surface area contributed by atoms with E-state index in [1.165, 1.54) is 0 Å². The second-order valence-electron chi connectivity index (χ2n) is 11.1. The van der Waals surface area contributed by atoms with Crippen LogP contribution in [-0.2, 0) is 29.0 Å². The monoisotopic (exact) mass is 573 g/mol. The zero-order valence-corrected chi connectivity index (χ0v) is 24.4. The fourth-order valence-electron chi connectivity index (χ4n) is 4.53. The van der Waals surface area contributed by atoms with E-state index in [0.717, 1.165) is 22.2 Å². The Labute approximate surface area is 245 Å². The van der Waals surface area contributed by atoms with Crippen LogP contribution in [0.15, 0.2) is 78.9 Å². The first-order chi connectivity index (χ1) is 20.1. The molecule has 1 aromatic heterocycles. The van der Waals surface area contributed by atoms with Crippen molar-refractivity contribution in [3.8, 4) is 5.75 Å². The predicted molar refractivity (Wildman–Crippen MR) is 161 cm³/mol. The van der Waals surface area contributed by atoms with Crippen LogP contribution >= 0.6 is 0 Å². The Kier molecular flexibility index (Phi) is 10.2. The zero-order valence-electron chi connectivity index (χ0n) is 24.4. The molecular weight excluding hydrogens is 534 g/mol. The quantitative estimate of drug-likeness (QED) is 0.174. The second kappa shape index (κ2) is 14.0. The Morgan fingerprint density at radius 3 is 2.29 bits per heavy atom. The first-order valence-electron chi connectivity index (χ1n) is 13.9. The van der Waals surface area contributed by atoms with Crippen LogP contribution in [0, 0.1) is 0 Å². The maximum atomic E-state index is 13.6. The maximum Gasteiger partial charge on any atom is 0.407 e. The Bertz CT molecular complexity index is 1420. The van der Waals surface area contributed by atoms with Crippen molar-refractivity contribution in [2.75, 3.05) is 7.11 Å². The lowest BCUT2D eigenvalue weighted by Gasteiger charge is -2.31. The van der Waals surface area contributed by atoms with Crippen LogP contribution in [0.25, 0.3) is 11.0 Å². The molecule has 0 spiro atoms. The minimum Gasteiger partial charge on any atom is -0.497 e. The lowest BCUT2D eigenvalue weighted by Crippen LogP contribution is -2.59. The molecule has 2 amide bonds. The molecule has 42 heavy (non-hydrogen) atoms. The summed E-state index contributed by atoms with van der Waals surface area (Å²) in [6.07, 6.45) is -1.72. The van der Waals surface area contributed by atoms with Gasteiger partial charge in [0.15, 0.2) is 0 Å². The van der Waals surface area contributed by atoms with Crippen molar-refractivity contribution < 1.29 is 24.2 Å². The fourth-order valence-corrected chi connectivity index (χ4v) is 4.53. The largest absolute Gasteiger partial charge is 0.497 e. The number of aliphatic hydroxyl groups is 1. The van der Waals surface area contributed by atoms with E-state index in [1.54, 1.807) is 27.9 Å². The van der Waals surface area contributed by atoms with E-state index in [4.69, 9.17) is 9.47 Å². The summed E-state index contributed by atoms with van der Waals surface area (Å²) in [5, 5.41) is 20.6. The van der Waals surface area contributed by atoms with Gasteiger partial charge in [-0.05, 0) is 62.6 Å². The number of aromatic amines is 1. The molecule has 0 saturated carbocycles.